The fraction of sp³-hybridized carbons (Fsp3) is 0.500. The number of nitro groups is 1. The van der Waals surface area contributed by atoms with Gasteiger partial charge < -0.3 is 14.2 Å². The third-order valence-corrected chi connectivity index (χ3v) is 3.46. The molecule has 0 saturated heterocycles. The van der Waals surface area contributed by atoms with Crippen LogP contribution in [0.5, 0.6) is 11.5 Å². The van der Waals surface area contributed by atoms with E-state index in [0.717, 1.165) is 0 Å². The quantitative estimate of drug-likeness (QED) is 0.471. The fourth-order valence-corrected chi connectivity index (χ4v) is 1.95. The second kappa shape index (κ2) is 5.99. The maximum Gasteiger partial charge on any atom is 0.309 e. The molecule has 0 saturated carbocycles. The zero-order valence-corrected chi connectivity index (χ0v) is 12.1. The van der Waals surface area contributed by atoms with E-state index in [4.69, 9.17) is 14.2 Å². The monoisotopic (exact) mass is 295 g/mol. The molecule has 114 valence electrons. The van der Waals surface area contributed by atoms with Crippen molar-refractivity contribution in [1.82, 2.24) is 0 Å². The van der Waals surface area contributed by atoms with Crippen molar-refractivity contribution in [3.05, 3.63) is 27.8 Å². The Kier molecular flexibility index (Phi) is 4.30. The summed E-state index contributed by atoms with van der Waals surface area (Å²) in [5.74, 6) is 0.116. The molecule has 0 amide bonds. The summed E-state index contributed by atoms with van der Waals surface area (Å²) in [7, 11) is 0. The SMILES string of the molecule is CC[C@H](C)C(=O)OC(C)c1cc2c(cc1[N+](=O)[O-])OCO2. The Labute approximate surface area is 122 Å². The van der Waals surface area contributed by atoms with E-state index in [0.29, 0.717) is 23.5 Å². The molecule has 1 heterocycles. The van der Waals surface area contributed by atoms with Crippen LogP contribution in [0.4, 0.5) is 5.69 Å². The molecule has 21 heavy (non-hydrogen) atoms. The summed E-state index contributed by atoms with van der Waals surface area (Å²) < 4.78 is 15.6. The Morgan fingerprint density at radius 3 is 2.57 bits per heavy atom. The average molecular weight is 295 g/mol. The number of fused-ring (bicyclic) bond motifs is 1. The first-order valence-electron chi connectivity index (χ1n) is 6.72. The van der Waals surface area contributed by atoms with Gasteiger partial charge in [-0.3, -0.25) is 14.9 Å². The zero-order chi connectivity index (χ0) is 15.6. The van der Waals surface area contributed by atoms with Crippen molar-refractivity contribution >= 4 is 11.7 Å². The van der Waals surface area contributed by atoms with Gasteiger partial charge in [-0.15, -0.1) is 0 Å². The fourth-order valence-electron chi connectivity index (χ4n) is 1.95. The van der Waals surface area contributed by atoms with Gasteiger partial charge in [0.25, 0.3) is 5.69 Å². The summed E-state index contributed by atoms with van der Waals surface area (Å²) in [4.78, 5) is 22.5. The Hall–Kier alpha value is -2.31. The molecular weight excluding hydrogens is 278 g/mol. The van der Waals surface area contributed by atoms with E-state index in [1.807, 2.05) is 6.92 Å². The number of esters is 1. The number of nitrogens with zero attached hydrogens (tertiary/aromatic N) is 1. The first-order chi connectivity index (χ1) is 9.93. The standard InChI is InChI=1S/C14H17NO6/c1-4-8(2)14(16)21-9(3)10-5-12-13(20-7-19-12)6-11(10)15(17)18/h5-6,8-9H,4,7H2,1-3H3/t8-,9?/m0/s1. The van der Waals surface area contributed by atoms with Crippen LogP contribution in [0, 0.1) is 16.0 Å². The van der Waals surface area contributed by atoms with Crippen LogP contribution < -0.4 is 9.47 Å². The highest BCUT2D eigenvalue weighted by Crippen LogP contribution is 2.41. The molecule has 7 heteroatoms. The number of benzene rings is 1. The Balaban J connectivity index is 2.29. The van der Waals surface area contributed by atoms with E-state index in [9.17, 15) is 14.9 Å². The number of rotatable bonds is 5. The van der Waals surface area contributed by atoms with Crippen molar-refractivity contribution in [3.8, 4) is 11.5 Å². The highest BCUT2D eigenvalue weighted by atomic mass is 16.7. The first-order valence-corrected chi connectivity index (χ1v) is 6.72. The molecule has 1 aromatic rings. The van der Waals surface area contributed by atoms with Gasteiger partial charge >= 0.3 is 5.97 Å². The molecule has 1 unspecified atom stereocenters. The Bertz CT molecular complexity index is 571. The molecule has 0 fully saturated rings. The third kappa shape index (κ3) is 3.07. The summed E-state index contributed by atoms with van der Waals surface area (Å²) in [6, 6.07) is 2.79. The molecule has 0 spiro atoms. The minimum absolute atomic E-state index is 0.0248. The predicted octanol–water partition coefficient (Wildman–Crippen LogP) is 2.97. The highest BCUT2D eigenvalue weighted by molar-refractivity contribution is 5.72. The molecule has 0 N–H and O–H groups in total. The van der Waals surface area contributed by atoms with Crippen LogP contribution in [0.2, 0.25) is 0 Å². The highest BCUT2D eigenvalue weighted by Gasteiger charge is 2.28. The number of ether oxygens (including phenoxy) is 3. The molecule has 1 aliphatic heterocycles. The average Bonchev–Trinajstić information content (AvgIpc) is 2.91. The van der Waals surface area contributed by atoms with Crippen LogP contribution >= 0.6 is 0 Å². The lowest BCUT2D eigenvalue weighted by Crippen LogP contribution is -2.16. The van der Waals surface area contributed by atoms with Crippen LogP contribution in [-0.2, 0) is 9.53 Å². The molecule has 2 rings (SSSR count). The van der Waals surface area contributed by atoms with E-state index in [2.05, 4.69) is 0 Å². The Morgan fingerprint density at radius 1 is 1.38 bits per heavy atom. The summed E-state index contributed by atoms with van der Waals surface area (Å²) >= 11 is 0. The van der Waals surface area contributed by atoms with Crippen molar-refractivity contribution < 1.29 is 23.9 Å². The van der Waals surface area contributed by atoms with Crippen molar-refractivity contribution in [1.29, 1.82) is 0 Å². The molecule has 0 aromatic heterocycles. The maximum atomic E-state index is 11.8. The van der Waals surface area contributed by atoms with Gasteiger partial charge in [-0.25, -0.2) is 0 Å². The van der Waals surface area contributed by atoms with Crippen molar-refractivity contribution in [3.63, 3.8) is 0 Å². The molecule has 0 bridgehead atoms. The van der Waals surface area contributed by atoms with Crippen LogP contribution in [-0.4, -0.2) is 17.7 Å². The van der Waals surface area contributed by atoms with E-state index >= 15 is 0 Å². The predicted molar refractivity (Wildman–Crippen MR) is 73.2 cm³/mol. The summed E-state index contributed by atoms with van der Waals surface area (Å²) in [5.41, 5.74) is 0.143. The normalized spacial score (nSPS) is 15.4. The van der Waals surface area contributed by atoms with Crippen molar-refractivity contribution in [2.24, 2.45) is 5.92 Å². The molecular formula is C14H17NO6. The van der Waals surface area contributed by atoms with Crippen LogP contribution in [0.15, 0.2) is 12.1 Å². The number of carbonyl (C=O) groups is 1. The second-order valence-corrected chi connectivity index (χ2v) is 4.91. The molecule has 7 nitrogen and oxygen atoms in total. The van der Waals surface area contributed by atoms with E-state index in [1.54, 1.807) is 13.8 Å². The van der Waals surface area contributed by atoms with Gasteiger partial charge in [0, 0.05) is 0 Å². The minimum atomic E-state index is -0.735. The van der Waals surface area contributed by atoms with Gasteiger partial charge in [-0.1, -0.05) is 13.8 Å². The molecule has 0 aliphatic carbocycles. The van der Waals surface area contributed by atoms with E-state index in [1.165, 1.54) is 12.1 Å². The smallest absolute Gasteiger partial charge is 0.309 e. The minimum Gasteiger partial charge on any atom is -0.457 e. The summed E-state index contributed by atoms with van der Waals surface area (Å²) in [6.07, 6.45) is -0.0872. The zero-order valence-electron chi connectivity index (χ0n) is 12.1. The Morgan fingerprint density at radius 2 is 2.00 bits per heavy atom. The number of hydrogen-bond acceptors (Lipinski definition) is 6. The lowest BCUT2D eigenvalue weighted by Gasteiger charge is -2.16. The van der Waals surface area contributed by atoms with Crippen molar-refractivity contribution in [2.45, 2.75) is 33.3 Å². The number of nitro benzene ring substituents is 1. The third-order valence-electron chi connectivity index (χ3n) is 3.46. The maximum absolute atomic E-state index is 11.8. The van der Waals surface area contributed by atoms with Gasteiger partial charge in [-0.05, 0) is 19.4 Å². The molecule has 1 aromatic carbocycles. The van der Waals surface area contributed by atoms with Crippen LogP contribution in [0.1, 0.15) is 38.9 Å². The molecule has 1 aliphatic rings. The summed E-state index contributed by atoms with van der Waals surface area (Å²) in [6.45, 7) is 5.25. The van der Waals surface area contributed by atoms with Crippen LogP contribution in [0.25, 0.3) is 0 Å². The van der Waals surface area contributed by atoms with Gasteiger partial charge in [0.1, 0.15) is 6.10 Å². The van der Waals surface area contributed by atoms with Crippen molar-refractivity contribution in [2.75, 3.05) is 6.79 Å². The van der Waals surface area contributed by atoms with Gasteiger partial charge in [0.2, 0.25) is 6.79 Å². The van der Waals surface area contributed by atoms with Gasteiger partial charge in [0.15, 0.2) is 11.5 Å². The van der Waals surface area contributed by atoms with E-state index < -0.39 is 11.0 Å². The topological polar surface area (TPSA) is 87.9 Å². The van der Waals surface area contributed by atoms with Crippen LogP contribution in [0.3, 0.4) is 0 Å². The first kappa shape index (κ1) is 15.1. The number of hydrogen-bond donors (Lipinski definition) is 0. The van der Waals surface area contributed by atoms with Gasteiger partial charge in [-0.2, -0.15) is 0 Å². The number of carbonyl (C=O) groups excluding carboxylic acids is 1. The second-order valence-electron chi connectivity index (χ2n) is 4.91. The lowest BCUT2D eigenvalue weighted by atomic mass is 10.1. The molecule has 2 atom stereocenters. The van der Waals surface area contributed by atoms with Gasteiger partial charge in [0.05, 0.1) is 22.5 Å². The summed E-state index contributed by atoms with van der Waals surface area (Å²) in [5, 5.41) is 11.2. The molecule has 0 radical (unpaired) electrons. The van der Waals surface area contributed by atoms with E-state index in [-0.39, 0.29) is 24.4 Å². The lowest BCUT2D eigenvalue weighted by molar-refractivity contribution is -0.386. The largest absolute Gasteiger partial charge is 0.457 e.